The molecule has 1 rings (SSSR count). The quantitative estimate of drug-likeness (QED) is 0.414. The molecule has 8 heavy (non-hydrogen) atoms. The summed E-state index contributed by atoms with van der Waals surface area (Å²) in [6.07, 6.45) is 5.46. The topological polar surface area (TPSA) is 29.1 Å². The predicted octanol–water partition coefficient (Wildman–Crippen LogP) is 0.600. The molecule has 1 N–H and O–H groups in total. The van der Waals surface area contributed by atoms with E-state index in [0.29, 0.717) is 0 Å². The van der Waals surface area contributed by atoms with E-state index < -0.39 is 11.1 Å². The maximum absolute atomic E-state index is 9.67. The minimum atomic E-state index is -0.480. The van der Waals surface area contributed by atoms with Crippen molar-refractivity contribution in [2.75, 3.05) is 0 Å². The zero-order valence-electron chi connectivity index (χ0n) is 4.16. The van der Waals surface area contributed by atoms with E-state index in [9.17, 15) is 4.79 Å². The molecule has 0 saturated carbocycles. The molecular formula is C5H6NOS. The third-order valence-corrected chi connectivity index (χ3v) is 2.12. The zero-order valence-corrected chi connectivity index (χ0v) is 5.06. The summed E-state index contributed by atoms with van der Waals surface area (Å²) in [5.41, 5.74) is 0. The summed E-state index contributed by atoms with van der Waals surface area (Å²) >= 11 is -0.480. The van der Waals surface area contributed by atoms with Crippen molar-refractivity contribution in [1.82, 2.24) is 4.72 Å². The average Bonchev–Trinajstić information content (AvgIpc) is 2.19. The fourth-order valence-corrected chi connectivity index (χ4v) is 1.39. The molecule has 3 heteroatoms. The molecule has 0 aromatic rings. The van der Waals surface area contributed by atoms with Crippen molar-refractivity contribution in [3.63, 3.8) is 0 Å². The smallest absolute Gasteiger partial charge is 0.305 e. The van der Waals surface area contributed by atoms with Crippen molar-refractivity contribution >= 4 is 17.5 Å². The summed E-state index contributed by atoms with van der Waals surface area (Å²) in [4.78, 5) is 9.67. The van der Waals surface area contributed by atoms with E-state index in [0.717, 1.165) is 0 Å². The maximum atomic E-state index is 9.67. The highest BCUT2D eigenvalue weighted by Gasteiger charge is 1.92. The van der Waals surface area contributed by atoms with Crippen LogP contribution in [0.15, 0.2) is 23.0 Å². The van der Waals surface area contributed by atoms with Crippen molar-refractivity contribution in [3.8, 4) is 0 Å². The van der Waals surface area contributed by atoms with Crippen molar-refractivity contribution in [3.05, 3.63) is 23.0 Å². The summed E-state index contributed by atoms with van der Waals surface area (Å²) in [5, 5.41) is 3.89. The highest BCUT2D eigenvalue weighted by atomic mass is 32.2. The fourth-order valence-electron chi connectivity index (χ4n) is 0.462. The summed E-state index contributed by atoms with van der Waals surface area (Å²) < 4.78 is 2.53. The van der Waals surface area contributed by atoms with Gasteiger partial charge in [0.25, 0.3) is 0 Å². The van der Waals surface area contributed by atoms with Gasteiger partial charge in [-0.2, -0.15) is 0 Å². The normalized spacial score (nSPS) is 19.2. The van der Waals surface area contributed by atoms with Crippen LogP contribution in [0.3, 0.4) is 0 Å². The van der Waals surface area contributed by atoms with Crippen LogP contribution in [0.1, 0.15) is 0 Å². The highest BCUT2D eigenvalue weighted by Crippen LogP contribution is 2.26. The molecule has 0 spiro atoms. The Kier molecular flexibility index (Phi) is 1.75. The van der Waals surface area contributed by atoms with Crippen LogP contribution in [0.4, 0.5) is 0 Å². The lowest BCUT2D eigenvalue weighted by molar-refractivity contribution is 0.554. The Bertz CT molecular complexity index is 129. The van der Waals surface area contributed by atoms with Crippen LogP contribution in [-0.2, 0) is 4.79 Å². The van der Waals surface area contributed by atoms with Gasteiger partial charge in [-0.25, -0.2) is 0 Å². The average molecular weight is 128 g/mol. The molecule has 0 aromatic heterocycles. The molecule has 1 amide bonds. The molecule has 0 aliphatic carbocycles. The number of allylic oxidation sites excluding steroid dienone is 2. The molecule has 0 aromatic carbocycles. The molecule has 1 aliphatic rings. The van der Waals surface area contributed by atoms with Gasteiger partial charge in [0.05, 0.1) is 0 Å². The monoisotopic (exact) mass is 128 g/mol. The molecule has 43 valence electrons. The highest BCUT2D eigenvalue weighted by molar-refractivity contribution is 8.21. The van der Waals surface area contributed by atoms with E-state index in [4.69, 9.17) is 0 Å². The van der Waals surface area contributed by atoms with Crippen LogP contribution < -0.4 is 4.72 Å². The Balaban J connectivity index is 2.37. The first-order valence-electron chi connectivity index (χ1n) is 2.19. The van der Waals surface area contributed by atoms with Gasteiger partial charge in [0.1, 0.15) is 0 Å². The van der Waals surface area contributed by atoms with Crippen molar-refractivity contribution < 1.29 is 4.79 Å². The second-order valence-corrected chi connectivity index (χ2v) is 2.94. The standard InChI is InChI=1S/C5H6NOS/c7-5-6-8-3-1-2-4-8/h1-4,8H,(H,6,7). The molecule has 0 fully saturated rings. The predicted molar refractivity (Wildman–Crippen MR) is 36.1 cm³/mol. The van der Waals surface area contributed by atoms with Gasteiger partial charge in [0.2, 0.25) is 0 Å². The van der Waals surface area contributed by atoms with Gasteiger partial charge in [-0.05, 0) is 10.8 Å². The Labute approximate surface area is 50.8 Å². The van der Waals surface area contributed by atoms with E-state index in [-0.39, 0.29) is 0 Å². The molecule has 0 atom stereocenters. The van der Waals surface area contributed by atoms with Crippen LogP contribution in [0.5, 0.6) is 0 Å². The van der Waals surface area contributed by atoms with Crippen LogP contribution in [-0.4, -0.2) is 6.41 Å². The Hall–Kier alpha value is -0.700. The molecule has 1 aliphatic heterocycles. The summed E-state index contributed by atoms with van der Waals surface area (Å²) in [5.74, 6) is 0. The first-order chi connectivity index (χ1) is 3.93. The number of hydrogen-bond donors (Lipinski definition) is 2. The molecule has 2 nitrogen and oxygen atoms in total. The number of amides is 1. The van der Waals surface area contributed by atoms with Crippen molar-refractivity contribution in [2.24, 2.45) is 0 Å². The van der Waals surface area contributed by atoms with Gasteiger partial charge in [0.15, 0.2) is 0 Å². The number of hydrogen-bond acceptors (Lipinski definition) is 1. The van der Waals surface area contributed by atoms with Crippen LogP contribution >= 0.6 is 11.1 Å². The molecule has 0 unspecified atom stereocenters. The first kappa shape index (κ1) is 5.44. The van der Waals surface area contributed by atoms with E-state index >= 15 is 0 Å². The van der Waals surface area contributed by atoms with Gasteiger partial charge in [-0.15, -0.1) is 11.1 Å². The minimum Gasteiger partial charge on any atom is -0.305 e. The fraction of sp³-hybridized carbons (Fsp3) is 0. The number of nitrogens with one attached hydrogen (secondary N) is 1. The van der Waals surface area contributed by atoms with Gasteiger partial charge in [0, 0.05) is 0 Å². The Morgan fingerprint density at radius 2 is 2.00 bits per heavy atom. The molecule has 0 bridgehead atoms. The molecule has 1 radical (unpaired) electrons. The van der Waals surface area contributed by atoms with Gasteiger partial charge in [-0.3, -0.25) is 4.79 Å². The summed E-state index contributed by atoms with van der Waals surface area (Å²) in [6, 6.07) is 0. The Morgan fingerprint density at radius 1 is 1.38 bits per heavy atom. The first-order valence-corrected chi connectivity index (χ1v) is 3.67. The molecule has 1 heterocycles. The van der Waals surface area contributed by atoms with E-state index in [1.54, 1.807) is 6.41 Å². The molecular weight excluding hydrogens is 122 g/mol. The SMILES string of the molecule is O=[C]N[SH]1C=CC=C1. The summed E-state index contributed by atoms with van der Waals surface area (Å²) in [6.45, 7) is 0. The van der Waals surface area contributed by atoms with Gasteiger partial charge in [-0.1, -0.05) is 12.2 Å². The van der Waals surface area contributed by atoms with E-state index in [2.05, 4.69) is 4.72 Å². The lowest BCUT2D eigenvalue weighted by Gasteiger charge is -2.03. The van der Waals surface area contributed by atoms with E-state index in [1.165, 1.54) is 0 Å². The number of thiol groups is 1. The van der Waals surface area contributed by atoms with Gasteiger partial charge >= 0.3 is 6.41 Å². The maximum Gasteiger partial charge on any atom is 0.319 e. The zero-order chi connectivity index (χ0) is 5.82. The third-order valence-electron chi connectivity index (χ3n) is 0.779. The summed E-state index contributed by atoms with van der Waals surface area (Å²) in [7, 11) is 0. The van der Waals surface area contributed by atoms with Crippen molar-refractivity contribution in [1.29, 1.82) is 0 Å². The van der Waals surface area contributed by atoms with Crippen LogP contribution in [0.2, 0.25) is 0 Å². The largest absolute Gasteiger partial charge is 0.319 e. The van der Waals surface area contributed by atoms with Gasteiger partial charge < -0.3 is 4.72 Å². The second kappa shape index (κ2) is 2.57. The Morgan fingerprint density at radius 3 is 2.50 bits per heavy atom. The minimum absolute atomic E-state index is 0.480. The molecule has 0 saturated heterocycles. The van der Waals surface area contributed by atoms with Crippen LogP contribution in [0, 0.1) is 0 Å². The lowest BCUT2D eigenvalue weighted by atomic mass is 10.6. The number of rotatable bonds is 2. The lowest BCUT2D eigenvalue weighted by Crippen LogP contribution is -2.00. The second-order valence-electron chi connectivity index (χ2n) is 1.30. The van der Waals surface area contributed by atoms with Crippen LogP contribution in [0.25, 0.3) is 0 Å². The van der Waals surface area contributed by atoms with Crippen molar-refractivity contribution in [2.45, 2.75) is 0 Å². The van der Waals surface area contributed by atoms with E-state index in [1.807, 2.05) is 23.0 Å². The number of carbonyl (C=O) groups excluding carboxylic acids is 1. The third kappa shape index (κ3) is 1.13.